The zero-order chi connectivity index (χ0) is 22.4. The lowest BCUT2D eigenvalue weighted by Gasteiger charge is -2.34. The number of benzene rings is 1. The number of nitrogens with zero attached hydrogens (tertiary/aromatic N) is 2. The van der Waals surface area contributed by atoms with Crippen LogP contribution in [-0.4, -0.2) is 62.1 Å². The minimum Gasteiger partial charge on any atom is -0.395 e. The van der Waals surface area contributed by atoms with Crippen molar-refractivity contribution in [1.29, 1.82) is 0 Å². The number of alkyl halides is 3. The van der Waals surface area contributed by atoms with Crippen molar-refractivity contribution in [2.45, 2.75) is 62.6 Å². The molecule has 0 unspecified atom stereocenters. The molecule has 9 heteroatoms. The van der Waals surface area contributed by atoms with Crippen LogP contribution in [0.15, 0.2) is 29.2 Å². The van der Waals surface area contributed by atoms with Gasteiger partial charge in [0.25, 0.3) is 0 Å². The molecule has 1 fully saturated rings. The first-order valence-electron chi connectivity index (χ1n) is 10.6. The van der Waals surface area contributed by atoms with Crippen LogP contribution in [0.2, 0.25) is 0 Å². The lowest BCUT2D eigenvalue weighted by atomic mass is 9.83. The highest BCUT2D eigenvalue weighted by atomic mass is 32.2. The van der Waals surface area contributed by atoms with Crippen molar-refractivity contribution >= 4 is 10.0 Å². The number of halogens is 3. The van der Waals surface area contributed by atoms with E-state index >= 15 is 0 Å². The van der Waals surface area contributed by atoms with E-state index in [9.17, 15) is 21.6 Å². The van der Waals surface area contributed by atoms with Crippen LogP contribution in [0.25, 0.3) is 0 Å². The molecule has 0 spiro atoms. The molecule has 30 heavy (non-hydrogen) atoms. The molecule has 1 aromatic carbocycles. The molecule has 2 rings (SSSR count). The Kier molecular flexibility index (Phi) is 9.14. The van der Waals surface area contributed by atoms with Gasteiger partial charge in [-0.05, 0) is 81.8 Å². The third kappa shape index (κ3) is 6.67. The van der Waals surface area contributed by atoms with Crippen LogP contribution in [0.4, 0.5) is 13.2 Å². The number of aliphatic hydroxyl groups is 1. The van der Waals surface area contributed by atoms with Crippen LogP contribution in [0, 0.1) is 5.92 Å². The largest absolute Gasteiger partial charge is 0.416 e. The van der Waals surface area contributed by atoms with Crippen LogP contribution in [0.1, 0.15) is 51.0 Å². The maximum atomic E-state index is 12.8. The first kappa shape index (κ1) is 25.1. The molecule has 172 valence electrons. The predicted octanol–water partition coefficient (Wildman–Crippen LogP) is 3.98. The third-order valence-electron chi connectivity index (χ3n) is 6.14. The van der Waals surface area contributed by atoms with E-state index in [4.69, 9.17) is 5.11 Å². The molecule has 1 aliphatic rings. The molecule has 0 aromatic heterocycles. The van der Waals surface area contributed by atoms with Gasteiger partial charge in [0, 0.05) is 19.6 Å². The molecule has 0 aliphatic heterocycles. The fraction of sp³-hybridized carbons (Fsp3) is 0.714. The Hall–Kier alpha value is -1.16. The number of likely N-dealkylation sites (N-methyl/N-ethyl adjacent to an activating group) is 1. The molecule has 0 radical (unpaired) electrons. The number of hydrogen-bond donors (Lipinski definition) is 1. The van der Waals surface area contributed by atoms with Crippen molar-refractivity contribution in [3.63, 3.8) is 0 Å². The maximum absolute atomic E-state index is 12.8. The van der Waals surface area contributed by atoms with Gasteiger partial charge in [-0.1, -0.05) is 6.92 Å². The molecule has 1 saturated carbocycles. The van der Waals surface area contributed by atoms with E-state index in [0.717, 1.165) is 75.9 Å². The minimum atomic E-state index is -4.49. The van der Waals surface area contributed by atoms with E-state index < -0.39 is 21.8 Å². The summed E-state index contributed by atoms with van der Waals surface area (Å²) < 4.78 is 65.2. The Morgan fingerprint density at radius 2 is 1.67 bits per heavy atom. The molecule has 0 amide bonds. The second kappa shape index (κ2) is 10.9. The Balaban J connectivity index is 1.87. The second-order valence-electron chi connectivity index (χ2n) is 8.02. The summed E-state index contributed by atoms with van der Waals surface area (Å²) in [7, 11) is -2.30. The average Bonchev–Trinajstić information content (AvgIpc) is 2.72. The molecule has 0 atom stereocenters. The fourth-order valence-electron chi connectivity index (χ4n) is 4.15. The van der Waals surface area contributed by atoms with Crippen LogP contribution < -0.4 is 0 Å². The molecule has 1 N–H and O–H groups in total. The molecule has 0 heterocycles. The molecule has 1 aromatic rings. The zero-order valence-corrected chi connectivity index (χ0v) is 18.6. The van der Waals surface area contributed by atoms with Crippen molar-refractivity contribution in [2.75, 3.05) is 33.3 Å². The van der Waals surface area contributed by atoms with E-state index in [2.05, 4.69) is 11.8 Å². The van der Waals surface area contributed by atoms with E-state index in [0.29, 0.717) is 12.5 Å². The summed E-state index contributed by atoms with van der Waals surface area (Å²) in [4.78, 5) is 2.11. The van der Waals surface area contributed by atoms with Gasteiger partial charge in [0.2, 0.25) is 10.0 Å². The summed E-state index contributed by atoms with van der Waals surface area (Å²) in [5.41, 5.74) is -0.856. The lowest BCUT2D eigenvalue weighted by Crippen LogP contribution is -2.39. The smallest absolute Gasteiger partial charge is 0.395 e. The van der Waals surface area contributed by atoms with Gasteiger partial charge in [-0.25, -0.2) is 8.42 Å². The summed E-state index contributed by atoms with van der Waals surface area (Å²) in [6.07, 6.45) is 1.07. The molecule has 5 nitrogen and oxygen atoms in total. The zero-order valence-electron chi connectivity index (χ0n) is 17.7. The fourth-order valence-corrected chi connectivity index (χ4v) is 5.56. The normalized spacial score (nSPS) is 20.8. The highest BCUT2D eigenvalue weighted by Gasteiger charge is 2.33. The van der Waals surface area contributed by atoms with Gasteiger partial charge in [0.05, 0.1) is 17.1 Å². The summed E-state index contributed by atoms with van der Waals surface area (Å²) in [5, 5.41) is 9.05. The van der Waals surface area contributed by atoms with Crippen molar-refractivity contribution in [3.8, 4) is 0 Å². The van der Waals surface area contributed by atoms with Gasteiger partial charge in [0.15, 0.2) is 0 Å². The number of hydrogen-bond acceptors (Lipinski definition) is 4. The predicted molar refractivity (Wildman–Crippen MR) is 111 cm³/mol. The maximum Gasteiger partial charge on any atom is 0.416 e. The van der Waals surface area contributed by atoms with Crippen molar-refractivity contribution in [2.24, 2.45) is 5.92 Å². The van der Waals surface area contributed by atoms with Gasteiger partial charge >= 0.3 is 6.18 Å². The molecule has 0 bridgehead atoms. The van der Waals surface area contributed by atoms with Gasteiger partial charge in [0.1, 0.15) is 0 Å². The van der Waals surface area contributed by atoms with Crippen LogP contribution >= 0.6 is 0 Å². The lowest BCUT2D eigenvalue weighted by molar-refractivity contribution is -0.137. The summed E-state index contributed by atoms with van der Waals surface area (Å²) >= 11 is 0. The summed E-state index contributed by atoms with van der Waals surface area (Å²) in [5.74, 6) is 0.566. The average molecular weight is 451 g/mol. The number of sulfonamides is 1. The van der Waals surface area contributed by atoms with E-state index in [-0.39, 0.29) is 17.5 Å². The Bertz CT molecular complexity index is 746. The van der Waals surface area contributed by atoms with Crippen LogP contribution in [-0.2, 0) is 16.2 Å². The first-order chi connectivity index (χ1) is 14.1. The molecular weight excluding hydrogens is 417 g/mol. The molecule has 1 aliphatic carbocycles. The monoisotopic (exact) mass is 450 g/mol. The molecular formula is C21H33F3N2O3S. The standard InChI is InChI=1S/C21H33F3N2O3S/c1-3-26(15-16-27)14-4-5-17-6-10-19(11-7-17)25(2)30(28,29)20-12-8-18(9-13-20)21(22,23)24/h8-9,12-13,17,19,27H,3-7,10-11,14-16H2,1-2H3/t17-,19-. The number of aliphatic hydroxyl groups excluding tert-OH is 1. The Labute approximate surface area is 177 Å². The second-order valence-corrected chi connectivity index (χ2v) is 10.0. The Morgan fingerprint density at radius 3 is 2.17 bits per heavy atom. The van der Waals surface area contributed by atoms with Gasteiger partial charge in [-0.2, -0.15) is 17.5 Å². The highest BCUT2D eigenvalue weighted by Crippen LogP contribution is 2.33. The highest BCUT2D eigenvalue weighted by molar-refractivity contribution is 7.89. The summed E-state index contributed by atoms with van der Waals surface area (Å²) in [6, 6.07) is 3.57. The third-order valence-corrected chi connectivity index (χ3v) is 8.06. The first-order valence-corrected chi connectivity index (χ1v) is 12.0. The topological polar surface area (TPSA) is 60.9 Å². The van der Waals surface area contributed by atoms with E-state index in [1.165, 1.54) is 11.4 Å². The molecule has 0 saturated heterocycles. The quantitative estimate of drug-likeness (QED) is 0.586. The van der Waals surface area contributed by atoms with Crippen LogP contribution in [0.5, 0.6) is 0 Å². The van der Waals surface area contributed by atoms with E-state index in [1.54, 1.807) is 0 Å². The van der Waals surface area contributed by atoms with Gasteiger partial charge < -0.3 is 10.0 Å². The summed E-state index contributed by atoms with van der Waals surface area (Å²) in [6.45, 7) is 4.81. The minimum absolute atomic E-state index is 0.108. The van der Waals surface area contributed by atoms with Crippen molar-refractivity contribution in [3.05, 3.63) is 29.8 Å². The van der Waals surface area contributed by atoms with Crippen LogP contribution in [0.3, 0.4) is 0 Å². The number of rotatable bonds is 10. The van der Waals surface area contributed by atoms with Gasteiger partial charge in [-0.3, -0.25) is 0 Å². The Morgan fingerprint density at radius 1 is 1.07 bits per heavy atom. The van der Waals surface area contributed by atoms with Crippen molar-refractivity contribution < 1.29 is 26.7 Å². The van der Waals surface area contributed by atoms with Gasteiger partial charge in [-0.15, -0.1) is 0 Å². The SMILES string of the molecule is CCN(CCO)CCC[C@H]1CC[C@H](N(C)S(=O)(=O)c2ccc(C(F)(F)F)cc2)CC1. The van der Waals surface area contributed by atoms with E-state index in [1.807, 2.05) is 0 Å². The van der Waals surface area contributed by atoms with Crippen molar-refractivity contribution in [1.82, 2.24) is 9.21 Å².